The predicted octanol–water partition coefficient (Wildman–Crippen LogP) is 2.27. The van der Waals surface area contributed by atoms with Crippen LogP contribution in [-0.4, -0.2) is 39.0 Å². The van der Waals surface area contributed by atoms with Crippen LogP contribution in [0.4, 0.5) is 5.82 Å². The van der Waals surface area contributed by atoms with Crippen LogP contribution >= 0.6 is 36.4 Å². The number of nitrogens with two attached hydrogens (primary N) is 1. The smallest absolute Gasteiger partial charge is 0.240 e. The van der Waals surface area contributed by atoms with Crippen molar-refractivity contribution in [1.82, 2.24) is 20.0 Å². The number of nitrogens with one attached hydrogen (secondary N) is 1. The van der Waals surface area contributed by atoms with Crippen molar-refractivity contribution in [2.45, 2.75) is 25.9 Å². The summed E-state index contributed by atoms with van der Waals surface area (Å²) in [6.45, 7) is 2.32. The number of hydrogen-bond acceptors (Lipinski definition) is 7. The van der Waals surface area contributed by atoms with E-state index in [1.807, 2.05) is 0 Å². The van der Waals surface area contributed by atoms with Crippen molar-refractivity contribution in [3.8, 4) is 0 Å². The molecule has 8 nitrogen and oxygen atoms in total. The van der Waals surface area contributed by atoms with Crippen LogP contribution in [0.2, 0.25) is 5.02 Å². The SMILES string of the molecule is Cl.Cl.NCc1nc(CN2CCCC(C(=O)Nc3ccc(Cl)cn3)C2)no1. The lowest BCUT2D eigenvalue weighted by Gasteiger charge is -2.30. The lowest BCUT2D eigenvalue weighted by Crippen LogP contribution is -2.40. The monoisotopic (exact) mass is 422 g/mol. The topological polar surface area (TPSA) is 110 Å². The first-order valence-corrected chi connectivity index (χ1v) is 8.18. The summed E-state index contributed by atoms with van der Waals surface area (Å²) in [4.78, 5) is 22.9. The molecule has 0 spiro atoms. The van der Waals surface area contributed by atoms with Crippen molar-refractivity contribution in [1.29, 1.82) is 0 Å². The normalized spacial score (nSPS) is 17.1. The van der Waals surface area contributed by atoms with Gasteiger partial charge in [0, 0.05) is 12.7 Å². The number of anilines is 1. The molecule has 0 bridgehead atoms. The quantitative estimate of drug-likeness (QED) is 0.759. The number of likely N-dealkylation sites (tertiary alicyclic amines) is 1. The minimum Gasteiger partial charge on any atom is -0.338 e. The Labute approximate surface area is 168 Å². The first-order chi connectivity index (χ1) is 11.6. The van der Waals surface area contributed by atoms with Gasteiger partial charge in [0.2, 0.25) is 11.8 Å². The summed E-state index contributed by atoms with van der Waals surface area (Å²) in [6, 6.07) is 3.39. The van der Waals surface area contributed by atoms with Gasteiger partial charge in [-0.2, -0.15) is 4.98 Å². The molecule has 1 aliphatic heterocycles. The molecule has 0 saturated carbocycles. The van der Waals surface area contributed by atoms with E-state index in [-0.39, 0.29) is 43.2 Å². The number of nitrogens with zero attached hydrogens (tertiary/aromatic N) is 4. The number of carbonyl (C=O) groups excluding carboxylic acids is 1. The number of hydrogen-bond donors (Lipinski definition) is 2. The zero-order valence-corrected chi connectivity index (χ0v) is 16.3. The van der Waals surface area contributed by atoms with Crippen LogP contribution in [0.3, 0.4) is 0 Å². The maximum atomic E-state index is 12.4. The lowest BCUT2D eigenvalue weighted by atomic mass is 9.97. The van der Waals surface area contributed by atoms with E-state index in [9.17, 15) is 4.79 Å². The van der Waals surface area contributed by atoms with Gasteiger partial charge in [0.1, 0.15) is 5.82 Å². The number of pyridine rings is 1. The number of piperidine rings is 1. The molecule has 1 amide bonds. The molecule has 0 aliphatic carbocycles. The third-order valence-electron chi connectivity index (χ3n) is 3.90. The van der Waals surface area contributed by atoms with Crippen LogP contribution < -0.4 is 11.1 Å². The number of rotatable bonds is 5. The van der Waals surface area contributed by atoms with Crippen LogP contribution in [0, 0.1) is 5.92 Å². The Kier molecular flexibility index (Phi) is 9.24. The van der Waals surface area contributed by atoms with Gasteiger partial charge in [-0.1, -0.05) is 16.8 Å². The van der Waals surface area contributed by atoms with Gasteiger partial charge in [-0.05, 0) is 31.5 Å². The first kappa shape index (κ1) is 22.6. The summed E-state index contributed by atoms with van der Waals surface area (Å²) in [5.41, 5.74) is 5.46. The second-order valence-corrected chi connectivity index (χ2v) is 6.17. The van der Waals surface area contributed by atoms with E-state index in [2.05, 4.69) is 25.3 Å². The van der Waals surface area contributed by atoms with Crippen LogP contribution in [0.25, 0.3) is 0 Å². The maximum absolute atomic E-state index is 12.4. The van der Waals surface area contributed by atoms with E-state index in [0.717, 1.165) is 19.4 Å². The highest BCUT2D eigenvalue weighted by Gasteiger charge is 2.27. The Morgan fingerprint density at radius 2 is 2.23 bits per heavy atom. The molecule has 11 heteroatoms. The zero-order valence-electron chi connectivity index (χ0n) is 13.9. The number of amides is 1. The van der Waals surface area contributed by atoms with Crippen molar-refractivity contribution in [3.63, 3.8) is 0 Å². The van der Waals surface area contributed by atoms with Gasteiger partial charge in [0.05, 0.1) is 24.0 Å². The van der Waals surface area contributed by atoms with Gasteiger partial charge >= 0.3 is 0 Å². The van der Waals surface area contributed by atoms with Crippen LogP contribution in [0.15, 0.2) is 22.9 Å². The largest absolute Gasteiger partial charge is 0.338 e. The van der Waals surface area contributed by atoms with E-state index in [0.29, 0.717) is 35.6 Å². The van der Waals surface area contributed by atoms with Gasteiger partial charge in [-0.15, -0.1) is 24.8 Å². The van der Waals surface area contributed by atoms with Gasteiger partial charge in [0.15, 0.2) is 5.82 Å². The molecule has 1 unspecified atom stereocenters. The number of carbonyl (C=O) groups is 1. The highest BCUT2D eigenvalue weighted by atomic mass is 35.5. The van der Waals surface area contributed by atoms with Crippen LogP contribution in [0.1, 0.15) is 24.6 Å². The van der Waals surface area contributed by atoms with E-state index in [1.165, 1.54) is 6.20 Å². The van der Waals surface area contributed by atoms with E-state index >= 15 is 0 Å². The second kappa shape index (κ2) is 10.6. The molecule has 3 rings (SSSR count). The minimum atomic E-state index is -0.0999. The molecular weight excluding hydrogens is 403 g/mol. The van der Waals surface area contributed by atoms with E-state index in [4.69, 9.17) is 21.9 Å². The second-order valence-electron chi connectivity index (χ2n) is 5.73. The molecule has 1 fully saturated rings. The fourth-order valence-corrected chi connectivity index (χ4v) is 2.84. The molecule has 1 saturated heterocycles. The predicted molar refractivity (Wildman–Crippen MR) is 103 cm³/mol. The Morgan fingerprint density at radius 3 is 2.88 bits per heavy atom. The van der Waals surface area contributed by atoms with E-state index in [1.54, 1.807) is 12.1 Å². The molecule has 144 valence electrons. The fourth-order valence-electron chi connectivity index (χ4n) is 2.73. The van der Waals surface area contributed by atoms with Gasteiger partial charge < -0.3 is 15.6 Å². The Balaban J connectivity index is 0.00000169. The Hall–Kier alpha value is -1.45. The minimum absolute atomic E-state index is 0. The summed E-state index contributed by atoms with van der Waals surface area (Å²) < 4.78 is 5.01. The Bertz CT molecular complexity index is 697. The number of aromatic nitrogens is 3. The van der Waals surface area contributed by atoms with Crippen molar-refractivity contribution >= 4 is 48.1 Å². The lowest BCUT2D eigenvalue weighted by molar-refractivity contribution is -0.121. The molecule has 2 aromatic heterocycles. The summed E-state index contributed by atoms with van der Waals surface area (Å²) >= 11 is 5.80. The summed E-state index contributed by atoms with van der Waals surface area (Å²) in [5, 5.41) is 7.27. The van der Waals surface area contributed by atoms with Crippen LogP contribution in [-0.2, 0) is 17.9 Å². The summed E-state index contributed by atoms with van der Waals surface area (Å²) in [5.74, 6) is 1.38. The Morgan fingerprint density at radius 1 is 1.42 bits per heavy atom. The standard InChI is InChI=1S/C15H19ClN6O2.2ClH/c16-11-3-4-12(18-7-11)20-15(23)10-2-1-5-22(8-10)9-13-19-14(6-17)24-21-13;;/h3-4,7,10H,1-2,5-6,8-9,17H2,(H,18,20,23);2*1H. The summed E-state index contributed by atoms with van der Waals surface area (Å²) in [6.07, 6.45) is 3.29. The highest BCUT2D eigenvalue weighted by molar-refractivity contribution is 6.30. The van der Waals surface area contributed by atoms with Crippen molar-refractivity contribution in [2.75, 3.05) is 18.4 Å². The molecule has 0 radical (unpaired) electrons. The highest BCUT2D eigenvalue weighted by Crippen LogP contribution is 2.20. The van der Waals surface area contributed by atoms with Gasteiger partial charge in [-0.3, -0.25) is 9.69 Å². The molecular formula is C15H21Cl3N6O2. The van der Waals surface area contributed by atoms with Crippen LogP contribution in [0.5, 0.6) is 0 Å². The molecule has 0 aromatic carbocycles. The molecule has 26 heavy (non-hydrogen) atoms. The fraction of sp³-hybridized carbons (Fsp3) is 0.467. The summed E-state index contributed by atoms with van der Waals surface area (Å²) in [7, 11) is 0. The maximum Gasteiger partial charge on any atom is 0.240 e. The van der Waals surface area contributed by atoms with Gasteiger partial charge in [0.25, 0.3) is 0 Å². The van der Waals surface area contributed by atoms with Crippen molar-refractivity contribution in [2.24, 2.45) is 11.7 Å². The first-order valence-electron chi connectivity index (χ1n) is 7.80. The van der Waals surface area contributed by atoms with Gasteiger partial charge in [-0.25, -0.2) is 4.98 Å². The molecule has 3 N–H and O–H groups in total. The molecule has 1 aliphatic rings. The molecule has 3 heterocycles. The molecule has 1 atom stereocenters. The average molecular weight is 424 g/mol. The van der Waals surface area contributed by atoms with Crippen molar-refractivity contribution < 1.29 is 9.32 Å². The zero-order chi connectivity index (χ0) is 16.9. The molecule has 2 aromatic rings. The number of halogens is 3. The van der Waals surface area contributed by atoms with Crippen molar-refractivity contribution in [3.05, 3.63) is 35.1 Å². The van der Waals surface area contributed by atoms with E-state index < -0.39 is 0 Å². The third-order valence-corrected chi connectivity index (χ3v) is 4.13. The third kappa shape index (κ3) is 6.07. The average Bonchev–Trinajstić information content (AvgIpc) is 3.05.